The van der Waals surface area contributed by atoms with Gasteiger partial charge < -0.3 is 10.6 Å². The first-order valence-corrected chi connectivity index (χ1v) is 6.07. The van der Waals surface area contributed by atoms with Gasteiger partial charge in [-0.1, -0.05) is 23.8 Å². The van der Waals surface area contributed by atoms with E-state index in [9.17, 15) is 0 Å². The summed E-state index contributed by atoms with van der Waals surface area (Å²) in [5.74, 6) is 0. The quantitative estimate of drug-likeness (QED) is 0.766. The van der Waals surface area contributed by atoms with Crippen molar-refractivity contribution < 1.29 is 0 Å². The normalized spacial score (nSPS) is 12.8. The zero-order valence-electron chi connectivity index (χ0n) is 10.9. The number of aryl methyl sites for hydroxylation is 2. The van der Waals surface area contributed by atoms with Gasteiger partial charge in [0.15, 0.2) is 0 Å². The van der Waals surface area contributed by atoms with Crippen molar-refractivity contribution in [2.75, 3.05) is 20.1 Å². The Kier molecular flexibility index (Phi) is 5.50. The minimum Gasteiger partial charge on any atom is -0.318 e. The first-order chi connectivity index (χ1) is 7.63. The highest BCUT2D eigenvalue weighted by atomic mass is 15.0. The second-order valence-electron chi connectivity index (χ2n) is 4.59. The smallest absolute Gasteiger partial charge is 0.0164 e. The van der Waals surface area contributed by atoms with Crippen molar-refractivity contribution in [2.45, 2.75) is 33.2 Å². The van der Waals surface area contributed by atoms with Crippen LogP contribution in [0.5, 0.6) is 0 Å². The van der Waals surface area contributed by atoms with Crippen LogP contribution in [0.4, 0.5) is 0 Å². The van der Waals surface area contributed by atoms with Gasteiger partial charge in [-0.05, 0) is 51.9 Å². The van der Waals surface area contributed by atoms with E-state index in [4.69, 9.17) is 0 Å². The molecule has 2 nitrogen and oxygen atoms in total. The molecule has 2 N–H and O–H groups in total. The van der Waals surface area contributed by atoms with Crippen LogP contribution in [0.15, 0.2) is 18.2 Å². The van der Waals surface area contributed by atoms with Gasteiger partial charge in [-0.2, -0.15) is 0 Å². The van der Waals surface area contributed by atoms with Crippen molar-refractivity contribution in [1.82, 2.24) is 10.6 Å². The lowest BCUT2D eigenvalue weighted by Crippen LogP contribution is -2.36. The molecule has 1 aromatic carbocycles. The number of rotatable bonds is 6. The molecule has 0 heterocycles. The zero-order chi connectivity index (χ0) is 12.0. The van der Waals surface area contributed by atoms with E-state index in [0.29, 0.717) is 6.04 Å². The van der Waals surface area contributed by atoms with Crippen LogP contribution < -0.4 is 10.6 Å². The van der Waals surface area contributed by atoms with Crippen LogP contribution in [0, 0.1) is 13.8 Å². The summed E-state index contributed by atoms with van der Waals surface area (Å²) in [6.45, 7) is 8.62. The van der Waals surface area contributed by atoms with Crippen molar-refractivity contribution in [1.29, 1.82) is 0 Å². The molecule has 0 bridgehead atoms. The predicted molar refractivity (Wildman–Crippen MR) is 71.0 cm³/mol. The largest absolute Gasteiger partial charge is 0.318 e. The summed E-state index contributed by atoms with van der Waals surface area (Å²) >= 11 is 0. The lowest BCUT2D eigenvalue weighted by molar-refractivity contribution is 0.526. The van der Waals surface area contributed by atoms with Gasteiger partial charge >= 0.3 is 0 Å². The fourth-order valence-electron chi connectivity index (χ4n) is 1.90. The maximum atomic E-state index is 3.52. The summed E-state index contributed by atoms with van der Waals surface area (Å²) in [5, 5.41) is 6.69. The van der Waals surface area contributed by atoms with E-state index in [1.54, 1.807) is 0 Å². The first kappa shape index (κ1) is 13.2. The van der Waals surface area contributed by atoms with Gasteiger partial charge in [0.2, 0.25) is 0 Å². The molecule has 0 aliphatic heterocycles. The van der Waals surface area contributed by atoms with E-state index in [1.807, 2.05) is 7.05 Å². The van der Waals surface area contributed by atoms with Gasteiger partial charge in [0.05, 0.1) is 0 Å². The molecule has 0 fully saturated rings. The SMILES string of the molecule is CNCC(C)NCCc1cc(C)ccc1C. The highest BCUT2D eigenvalue weighted by molar-refractivity contribution is 5.30. The predicted octanol–water partition coefficient (Wildman–Crippen LogP) is 2.04. The first-order valence-electron chi connectivity index (χ1n) is 6.07. The number of benzene rings is 1. The minimum atomic E-state index is 0.537. The third-order valence-corrected chi connectivity index (χ3v) is 2.90. The Labute approximate surface area is 99.5 Å². The number of likely N-dealkylation sites (N-methyl/N-ethyl adjacent to an activating group) is 1. The maximum Gasteiger partial charge on any atom is 0.0164 e. The van der Waals surface area contributed by atoms with E-state index < -0.39 is 0 Å². The average molecular weight is 220 g/mol. The van der Waals surface area contributed by atoms with Crippen LogP contribution in [0.1, 0.15) is 23.6 Å². The third-order valence-electron chi connectivity index (χ3n) is 2.90. The second kappa shape index (κ2) is 6.66. The third kappa shape index (κ3) is 4.33. The molecular weight excluding hydrogens is 196 g/mol. The summed E-state index contributed by atoms with van der Waals surface area (Å²) in [6, 6.07) is 7.22. The molecular formula is C14H24N2. The van der Waals surface area contributed by atoms with Crippen LogP contribution in [0.25, 0.3) is 0 Å². The Hall–Kier alpha value is -0.860. The molecule has 0 saturated carbocycles. The molecule has 0 radical (unpaired) electrons. The van der Waals surface area contributed by atoms with Crippen molar-refractivity contribution in [2.24, 2.45) is 0 Å². The van der Waals surface area contributed by atoms with Crippen LogP contribution in [0.2, 0.25) is 0 Å². The molecule has 0 saturated heterocycles. The van der Waals surface area contributed by atoms with Gasteiger partial charge in [0.25, 0.3) is 0 Å². The van der Waals surface area contributed by atoms with E-state index >= 15 is 0 Å². The molecule has 1 unspecified atom stereocenters. The zero-order valence-corrected chi connectivity index (χ0v) is 10.9. The minimum absolute atomic E-state index is 0.537. The standard InChI is InChI=1S/C14H24N2/c1-11-5-6-12(2)14(9-11)7-8-16-13(3)10-15-4/h5-6,9,13,15-16H,7-8,10H2,1-4H3. The summed E-state index contributed by atoms with van der Waals surface area (Å²) in [4.78, 5) is 0. The molecule has 1 aromatic rings. The van der Waals surface area contributed by atoms with Gasteiger partial charge in [0, 0.05) is 12.6 Å². The van der Waals surface area contributed by atoms with Gasteiger partial charge in [-0.3, -0.25) is 0 Å². The second-order valence-corrected chi connectivity index (χ2v) is 4.59. The molecule has 90 valence electrons. The monoisotopic (exact) mass is 220 g/mol. The maximum absolute atomic E-state index is 3.52. The van der Waals surface area contributed by atoms with E-state index in [1.165, 1.54) is 16.7 Å². The molecule has 1 atom stereocenters. The van der Waals surface area contributed by atoms with Crippen molar-refractivity contribution in [3.05, 3.63) is 34.9 Å². The molecule has 0 aromatic heterocycles. The Morgan fingerprint density at radius 2 is 2.00 bits per heavy atom. The Balaban J connectivity index is 2.39. The average Bonchev–Trinajstić information content (AvgIpc) is 2.23. The Morgan fingerprint density at radius 3 is 2.69 bits per heavy atom. The summed E-state index contributed by atoms with van der Waals surface area (Å²) in [7, 11) is 1.99. The van der Waals surface area contributed by atoms with Crippen molar-refractivity contribution in [3.63, 3.8) is 0 Å². The highest BCUT2D eigenvalue weighted by Crippen LogP contribution is 2.10. The molecule has 2 heteroatoms. The summed E-state index contributed by atoms with van der Waals surface area (Å²) in [6.07, 6.45) is 1.11. The van der Waals surface area contributed by atoms with E-state index in [0.717, 1.165) is 19.5 Å². The lowest BCUT2D eigenvalue weighted by Gasteiger charge is -2.14. The van der Waals surface area contributed by atoms with E-state index in [2.05, 4.69) is 49.6 Å². The fraction of sp³-hybridized carbons (Fsp3) is 0.571. The molecule has 0 aliphatic carbocycles. The Bertz CT molecular complexity index is 321. The molecule has 16 heavy (non-hydrogen) atoms. The van der Waals surface area contributed by atoms with E-state index in [-0.39, 0.29) is 0 Å². The van der Waals surface area contributed by atoms with Crippen LogP contribution in [0.3, 0.4) is 0 Å². The Morgan fingerprint density at radius 1 is 1.25 bits per heavy atom. The topological polar surface area (TPSA) is 24.1 Å². The van der Waals surface area contributed by atoms with Gasteiger partial charge in [-0.25, -0.2) is 0 Å². The molecule has 0 aliphatic rings. The summed E-state index contributed by atoms with van der Waals surface area (Å²) in [5.41, 5.74) is 4.21. The van der Waals surface area contributed by atoms with Crippen LogP contribution in [-0.2, 0) is 6.42 Å². The summed E-state index contributed by atoms with van der Waals surface area (Å²) < 4.78 is 0. The molecule has 0 spiro atoms. The lowest BCUT2D eigenvalue weighted by atomic mass is 10.0. The number of hydrogen-bond donors (Lipinski definition) is 2. The van der Waals surface area contributed by atoms with Crippen molar-refractivity contribution >= 4 is 0 Å². The molecule has 1 rings (SSSR count). The number of nitrogens with one attached hydrogen (secondary N) is 2. The van der Waals surface area contributed by atoms with Crippen molar-refractivity contribution in [3.8, 4) is 0 Å². The van der Waals surface area contributed by atoms with Crippen LogP contribution in [-0.4, -0.2) is 26.2 Å². The highest BCUT2D eigenvalue weighted by Gasteiger charge is 2.01. The van der Waals surface area contributed by atoms with Crippen LogP contribution >= 0.6 is 0 Å². The van der Waals surface area contributed by atoms with Gasteiger partial charge in [-0.15, -0.1) is 0 Å². The van der Waals surface area contributed by atoms with Gasteiger partial charge in [0.1, 0.15) is 0 Å². The fourth-order valence-corrected chi connectivity index (χ4v) is 1.90. The molecule has 0 amide bonds. The number of hydrogen-bond acceptors (Lipinski definition) is 2.